The van der Waals surface area contributed by atoms with Gasteiger partial charge >= 0.3 is 0 Å². The van der Waals surface area contributed by atoms with E-state index in [2.05, 4.69) is 23.5 Å². The van der Waals surface area contributed by atoms with E-state index in [0.717, 1.165) is 24.0 Å². The summed E-state index contributed by atoms with van der Waals surface area (Å²) < 4.78 is 27.0. The number of sulfonamides is 1. The number of fused-ring (bicyclic) bond motifs is 1. The Morgan fingerprint density at radius 3 is 2.50 bits per heavy atom. The number of rotatable bonds is 6. The Morgan fingerprint density at radius 2 is 1.77 bits per heavy atom. The molecule has 4 rings (SSSR count). The lowest BCUT2D eigenvalue weighted by Crippen LogP contribution is -2.43. The summed E-state index contributed by atoms with van der Waals surface area (Å²) in [6.07, 6.45) is 4.63. The van der Waals surface area contributed by atoms with Gasteiger partial charge in [-0.25, -0.2) is 12.7 Å². The predicted molar refractivity (Wildman–Crippen MR) is 118 cm³/mol. The van der Waals surface area contributed by atoms with E-state index >= 15 is 0 Å². The molecule has 5 nitrogen and oxygen atoms in total. The standard InChI is InChI=1S/C24H30N2O3S/c1-18(22-11-10-20-8-5-9-23(20)16-22)25-24(27)21-12-14-26(15-13-21)30(28,29)17-19-6-3-2-4-7-19/h2-4,6-7,10-11,16,18,21H,5,8-9,12-15,17H2,1H3,(H,25,27). The van der Waals surface area contributed by atoms with Gasteiger partial charge in [0.1, 0.15) is 0 Å². The lowest BCUT2D eigenvalue weighted by atomic mass is 9.96. The summed E-state index contributed by atoms with van der Waals surface area (Å²) in [5.41, 5.74) is 4.78. The molecule has 0 bridgehead atoms. The van der Waals surface area contributed by atoms with Gasteiger partial charge in [-0.15, -0.1) is 0 Å². The number of aryl methyl sites for hydroxylation is 2. The summed E-state index contributed by atoms with van der Waals surface area (Å²) in [7, 11) is -3.36. The van der Waals surface area contributed by atoms with E-state index in [1.165, 1.54) is 21.9 Å². The monoisotopic (exact) mass is 426 g/mol. The maximum atomic E-state index is 12.8. The second-order valence-corrected chi connectivity index (χ2v) is 10.5. The van der Waals surface area contributed by atoms with Gasteiger partial charge < -0.3 is 5.32 Å². The van der Waals surface area contributed by atoms with Crippen LogP contribution < -0.4 is 5.32 Å². The molecule has 30 heavy (non-hydrogen) atoms. The van der Waals surface area contributed by atoms with Gasteiger partial charge in [-0.3, -0.25) is 4.79 Å². The first kappa shape index (κ1) is 21.1. The largest absolute Gasteiger partial charge is 0.349 e. The molecule has 1 unspecified atom stereocenters. The van der Waals surface area contributed by atoms with E-state index in [1.807, 2.05) is 37.3 Å². The lowest BCUT2D eigenvalue weighted by molar-refractivity contribution is -0.126. The van der Waals surface area contributed by atoms with Crippen molar-refractivity contribution < 1.29 is 13.2 Å². The van der Waals surface area contributed by atoms with Crippen molar-refractivity contribution in [3.8, 4) is 0 Å². The van der Waals surface area contributed by atoms with Gasteiger partial charge in [0.15, 0.2) is 0 Å². The van der Waals surface area contributed by atoms with Gasteiger partial charge in [0.25, 0.3) is 0 Å². The third-order valence-electron chi connectivity index (χ3n) is 6.39. The fourth-order valence-corrected chi connectivity index (χ4v) is 6.11. The molecule has 2 aliphatic rings. The maximum Gasteiger partial charge on any atom is 0.223 e. The van der Waals surface area contributed by atoms with Crippen molar-refractivity contribution in [1.29, 1.82) is 0 Å². The molecule has 6 heteroatoms. The van der Waals surface area contributed by atoms with E-state index in [9.17, 15) is 13.2 Å². The van der Waals surface area contributed by atoms with Crippen LogP contribution in [-0.4, -0.2) is 31.7 Å². The smallest absolute Gasteiger partial charge is 0.223 e. The van der Waals surface area contributed by atoms with Crippen molar-refractivity contribution in [3.63, 3.8) is 0 Å². The first-order valence-corrected chi connectivity index (χ1v) is 12.5. The molecule has 1 heterocycles. The lowest BCUT2D eigenvalue weighted by Gasteiger charge is -2.31. The summed E-state index contributed by atoms with van der Waals surface area (Å²) in [5.74, 6) is -0.0896. The second kappa shape index (κ2) is 8.90. The van der Waals surface area contributed by atoms with Crippen molar-refractivity contribution in [3.05, 3.63) is 70.8 Å². The van der Waals surface area contributed by atoms with E-state index in [-0.39, 0.29) is 23.6 Å². The van der Waals surface area contributed by atoms with E-state index in [4.69, 9.17) is 0 Å². The van der Waals surface area contributed by atoms with Crippen LogP contribution >= 0.6 is 0 Å². The number of carbonyl (C=O) groups excluding carboxylic acids is 1. The van der Waals surface area contributed by atoms with Gasteiger partial charge in [0.2, 0.25) is 15.9 Å². The van der Waals surface area contributed by atoms with Gasteiger partial charge in [-0.05, 0) is 61.3 Å². The minimum atomic E-state index is -3.36. The van der Waals surface area contributed by atoms with Crippen LogP contribution in [0.25, 0.3) is 0 Å². The first-order valence-electron chi connectivity index (χ1n) is 10.9. The van der Waals surface area contributed by atoms with Crippen molar-refractivity contribution in [2.24, 2.45) is 5.92 Å². The molecular formula is C24H30N2O3S. The summed E-state index contributed by atoms with van der Waals surface area (Å²) in [5, 5.41) is 3.14. The zero-order valence-corrected chi connectivity index (χ0v) is 18.3. The number of benzene rings is 2. The minimum absolute atomic E-state index is 0.0140. The zero-order chi connectivity index (χ0) is 21.1. The van der Waals surface area contributed by atoms with Crippen molar-refractivity contribution in [2.75, 3.05) is 13.1 Å². The van der Waals surface area contributed by atoms with Crippen LogP contribution in [0.1, 0.15) is 54.5 Å². The number of amides is 1. The summed E-state index contributed by atoms with van der Waals surface area (Å²) in [6.45, 7) is 2.83. The second-order valence-electron chi connectivity index (χ2n) is 8.53. The normalized spacial score (nSPS) is 18.7. The van der Waals surface area contributed by atoms with Crippen LogP contribution in [0.15, 0.2) is 48.5 Å². The van der Waals surface area contributed by atoms with Crippen LogP contribution in [0.3, 0.4) is 0 Å². The molecule has 1 N–H and O–H groups in total. The topological polar surface area (TPSA) is 66.5 Å². The van der Waals surface area contributed by atoms with Crippen molar-refractivity contribution in [2.45, 2.75) is 50.8 Å². The third-order valence-corrected chi connectivity index (χ3v) is 8.24. The number of nitrogens with one attached hydrogen (secondary N) is 1. The average Bonchev–Trinajstić information content (AvgIpc) is 3.22. The first-order chi connectivity index (χ1) is 14.4. The van der Waals surface area contributed by atoms with Gasteiger partial charge in [-0.2, -0.15) is 0 Å². The molecular weight excluding hydrogens is 396 g/mol. The molecule has 0 saturated carbocycles. The van der Waals surface area contributed by atoms with E-state index in [0.29, 0.717) is 25.9 Å². The minimum Gasteiger partial charge on any atom is -0.349 e. The molecule has 1 aliphatic heterocycles. The predicted octanol–water partition coefficient (Wildman–Crippen LogP) is 3.59. The van der Waals surface area contributed by atoms with Crippen LogP contribution in [0.5, 0.6) is 0 Å². The molecule has 2 aromatic rings. The number of nitrogens with zero attached hydrogens (tertiary/aromatic N) is 1. The Morgan fingerprint density at radius 1 is 1.07 bits per heavy atom. The molecule has 1 saturated heterocycles. The number of hydrogen-bond acceptors (Lipinski definition) is 3. The maximum absolute atomic E-state index is 12.8. The highest BCUT2D eigenvalue weighted by Crippen LogP contribution is 2.27. The Hall–Kier alpha value is -2.18. The highest BCUT2D eigenvalue weighted by Gasteiger charge is 2.31. The Kier molecular flexibility index (Phi) is 6.25. The van der Waals surface area contributed by atoms with Gasteiger partial charge in [-0.1, -0.05) is 48.5 Å². The highest BCUT2D eigenvalue weighted by atomic mass is 32.2. The van der Waals surface area contributed by atoms with E-state index in [1.54, 1.807) is 0 Å². The molecule has 0 spiro atoms. The third kappa shape index (κ3) is 4.76. The van der Waals surface area contributed by atoms with Crippen LogP contribution in [0, 0.1) is 5.92 Å². The molecule has 1 atom stereocenters. The molecule has 0 aromatic heterocycles. The quantitative estimate of drug-likeness (QED) is 0.768. The molecule has 1 aliphatic carbocycles. The molecule has 2 aromatic carbocycles. The molecule has 1 fully saturated rings. The van der Waals surface area contributed by atoms with Crippen molar-refractivity contribution in [1.82, 2.24) is 9.62 Å². The average molecular weight is 427 g/mol. The number of hydrogen-bond donors (Lipinski definition) is 1. The number of carbonyl (C=O) groups is 1. The van der Waals surface area contributed by atoms with Gasteiger partial charge in [0.05, 0.1) is 11.8 Å². The summed E-state index contributed by atoms with van der Waals surface area (Å²) in [6, 6.07) is 15.7. The van der Waals surface area contributed by atoms with Crippen molar-refractivity contribution >= 4 is 15.9 Å². The molecule has 1 amide bonds. The molecule has 0 radical (unpaired) electrons. The molecule has 160 valence electrons. The van der Waals surface area contributed by atoms with Gasteiger partial charge in [0, 0.05) is 19.0 Å². The zero-order valence-electron chi connectivity index (χ0n) is 17.5. The van der Waals surface area contributed by atoms with Crippen LogP contribution in [0.4, 0.5) is 0 Å². The Labute approximate surface area is 179 Å². The fraction of sp³-hybridized carbons (Fsp3) is 0.458. The SMILES string of the molecule is CC(NC(=O)C1CCN(S(=O)(=O)Cc2ccccc2)CC1)c1ccc2c(c1)CCC2. The summed E-state index contributed by atoms with van der Waals surface area (Å²) >= 11 is 0. The summed E-state index contributed by atoms with van der Waals surface area (Å²) in [4.78, 5) is 12.8. The van der Waals surface area contributed by atoms with E-state index < -0.39 is 10.0 Å². The number of piperidine rings is 1. The van der Waals surface area contributed by atoms with Crippen LogP contribution in [-0.2, 0) is 33.4 Å². The Balaban J connectivity index is 1.31. The Bertz CT molecular complexity index is 996. The van der Waals surface area contributed by atoms with Crippen LogP contribution in [0.2, 0.25) is 0 Å². The highest BCUT2D eigenvalue weighted by molar-refractivity contribution is 7.88. The fourth-order valence-electron chi connectivity index (χ4n) is 4.55.